The number of aliphatic hydroxyl groups excluding tert-OH is 3. The number of carbonyl (C=O) groups excluding carboxylic acids is 2. The highest BCUT2D eigenvalue weighted by atomic mass is 127. The van der Waals surface area contributed by atoms with Crippen molar-refractivity contribution in [3.63, 3.8) is 0 Å². The molecule has 4 N–H and O–H groups in total. The highest BCUT2D eigenvalue weighted by Crippen LogP contribution is 2.37. The fourth-order valence-electron chi connectivity index (χ4n) is 4.68. The average Bonchev–Trinajstić information content (AvgIpc) is 3.41. The fourth-order valence-corrected chi connectivity index (χ4v) is 5.47. The second kappa shape index (κ2) is 14.3. The molecule has 1 aromatic rings. The predicted molar refractivity (Wildman–Crippen MR) is 144 cm³/mol. The van der Waals surface area contributed by atoms with Crippen LogP contribution >= 0.6 is 22.6 Å². The smallest absolute Gasteiger partial charge is 0.247 e. The van der Waals surface area contributed by atoms with Gasteiger partial charge in [0.15, 0.2) is 11.5 Å². The lowest BCUT2D eigenvalue weighted by atomic mass is 9.87. The topological polar surface area (TPSA) is 138 Å². The van der Waals surface area contributed by atoms with E-state index in [0.717, 1.165) is 12.8 Å². The SMILES string of the molecule is CCCC(=O)N(C[C@@H]1CCCO1)[C@@H]1CC(C(=O)NCCO)=C[C@H](Oc2c(I)cc(CO)cc2OC)[C@H]1O. The van der Waals surface area contributed by atoms with Gasteiger partial charge in [-0.2, -0.15) is 0 Å². The van der Waals surface area contributed by atoms with Gasteiger partial charge in [-0.25, -0.2) is 0 Å². The summed E-state index contributed by atoms with van der Waals surface area (Å²) in [6.45, 7) is 2.58. The first-order valence-corrected chi connectivity index (χ1v) is 13.7. The largest absolute Gasteiger partial charge is 0.493 e. The molecule has 2 aliphatic rings. The third-order valence-corrected chi connectivity index (χ3v) is 7.35. The number of ether oxygens (including phenoxy) is 3. The third-order valence-electron chi connectivity index (χ3n) is 6.55. The Hall–Kier alpha value is -1.93. The molecule has 1 aliphatic carbocycles. The van der Waals surface area contributed by atoms with Gasteiger partial charge in [0.2, 0.25) is 11.8 Å². The van der Waals surface area contributed by atoms with Crippen LogP contribution in [0.25, 0.3) is 0 Å². The van der Waals surface area contributed by atoms with Gasteiger partial charge < -0.3 is 39.7 Å². The molecule has 206 valence electrons. The number of hydrogen-bond acceptors (Lipinski definition) is 8. The molecule has 1 aliphatic heterocycles. The van der Waals surface area contributed by atoms with E-state index in [9.17, 15) is 19.8 Å². The maximum Gasteiger partial charge on any atom is 0.247 e. The average molecular weight is 632 g/mol. The van der Waals surface area contributed by atoms with Gasteiger partial charge >= 0.3 is 0 Å². The summed E-state index contributed by atoms with van der Waals surface area (Å²) < 4.78 is 18.2. The number of hydrogen-bond donors (Lipinski definition) is 4. The van der Waals surface area contributed by atoms with Crippen molar-refractivity contribution in [1.29, 1.82) is 0 Å². The Morgan fingerprint density at radius 3 is 2.70 bits per heavy atom. The van der Waals surface area contributed by atoms with Gasteiger partial charge in [-0.05, 0) is 65.6 Å². The Bertz CT molecular complexity index is 966. The monoisotopic (exact) mass is 632 g/mol. The summed E-state index contributed by atoms with van der Waals surface area (Å²) in [7, 11) is 1.48. The fraction of sp³-hybridized carbons (Fsp3) is 0.615. The van der Waals surface area contributed by atoms with Crippen molar-refractivity contribution in [2.75, 3.05) is 33.4 Å². The molecule has 3 rings (SSSR count). The molecule has 11 heteroatoms. The van der Waals surface area contributed by atoms with Crippen LogP contribution in [-0.2, 0) is 20.9 Å². The van der Waals surface area contributed by atoms with Crippen molar-refractivity contribution >= 4 is 34.4 Å². The Balaban J connectivity index is 1.98. The molecule has 1 fully saturated rings. The molecular weight excluding hydrogens is 595 g/mol. The molecule has 0 spiro atoms. The summed E-state index contributed by atoms with van der Waals surface area (Å²) in [5.74, 6) is 0.235. The number of methoxy groups -OCH3 is 1. The van der Waals surface area contributed by atoms with Crippen LogP contribution in [0.5, 0.6) is 11.5 Å². The minimum Gasteiger partial charge on any atom is -0.493 e. The second-order valence-corrected chi connectivity index (χ2v) is 10.4. The number of aliphatic hydroxyl groups is 3. The van der Waals surface area contributed by atoms with E-state index in [1.807, 2.05) is 6.92 Å². The zero-order chi connectivity index (χ0) is 26.9. The summed E-state index contributed by atoms with van der Waals surface area (Å²) >= 11 is 2.07. The molecule has 10 nitrogen and oxygen atoms in total. The number of rotatable bonds is 12. The van der Waals surface area contributed by atoms with E-state index < -0.39 is 24.2 Å². The molecule has 1 aromatic carbocycles. The normalized spacial score (nSPS) is 23.4. The summed E-state index contributed by atoms with van der Waals surface area (Å²) in [5.41, 5.74) is 1.000. The van der Waals surface area contributed by atoms with Crippen LogP contribution in [0.2, 0.25) is 0 Å². The minimum atomic E-state index is -1.13. The van der Waals surface area contributed by atoms with E-state index in [0.29, 0.717) is 52.2 Å². The van der Waals surface area contributed by atoms with E-state index in [2.05, 4.69) is 27.9 Å². The molecule has 0 unspecified atom stereocenters. The van der Waals surface area contributed by atoms with E-state index >= 15 is 0 Å². The molecular formula is C26H37IN2O8. The van der Waals surface area contributed by atoms with Crippen LogP contribution in [0.1, 0.15) is 44.6 Å². The van der Waals surface area contributed by atoms with Crippen molar-refractivity contribution in [3.05, 3.63) is 32.9 Å². The van der Waals surface area contributed by atoms with Gasteiger partial charge in [0, 0.05) is 38.1 Å². The Labute approximate surface area is 231 Å². The Morgan fingerprint density at radius 2 is 2.08 bits per heavy atom. The van der Waals surface area contributed by atoms with Crippen LogP contribution in [0.3, 0.4) is 0 Å². The maximum atomic E-state index is 13.2. The first-order valence-electron chi connectivity index (χ1n) is 12.7. The van der Waals surface area contributed by atoms with Crippen LogP contribution < -0.4 is 14.8 Å². The second-order valence-electron chi connectivity index (χ2n) is 9.21. The highest BCUT2D eigenvalue weighted by Gasteiger charge is 2.41. The van der Waals surface area contributed by atoms with Crippen LogP contribution in [0, 0.1) is 3.57 Å². The number of nitrogens with one attached hydrogen (secondary N) is 1. The molecule has 0 radical (unpaired) electrons. The van der Waals surface area contributed by atoms with Crippen LogP contribution in [-0.4, -0.2) is 89.8 Å². The van der Waals surface area contributed by atoms with E-state index in [-0.39, 0.29) is 38.2 Å². The zero-order valence-electron chi connectivity index (χ0n) is 21.3. The summed E-state index contributed by atoms with van der Waals surface area (Å²) in [4.78, 5) is 27.8. The third kappa shape index (κ3) is 7.56. The van der Waals surface area contributed by atoms with Crippen molar-refractivity contribution in [3.8, 4) is 11.5 Å². The number of benzene rings is 1. The molecule has 0 aromatic heterocycles. The first kappa shape index (κ1) is 29.6. The molecule has 0 bridgehead atoms. The van der Waals surface area contributed by atoms with Gasteiger partial charge in [-0.3, -0.25) is 9.59 Å². The molecule has 1 heterocycles. The van der Waals surface area contributed by atoms with Gasteiger partial charge in [0.1, 0.15) is 12.2 Å². The maximum absolute atomic E-state index is 13.2. The van der Waals surface area contributed by atoms with Crippen LogP contribution in [0.4, 0.5) is 0 Å². The predicted octanol–water partition coefficient (Wildman–Crippen LogP) is 1.52. The molecule has 4 atom stereocenters. The molecule has 0 saturated carbocycles. The highest BCUT2D eigenvalue weighted by molar-refractivity contribution is 14.1. The molecule has 1 saturated heterocycles. The van der Waals surface area contributed by atoms with Crippen molar-refractivity contribution in [2.24, 2.45) is 0 Å². The van der Waals surface area contributed by atoms with Gasteiger partial charge in [-0.15, -0.1) is 0 Å². The summed E-state index contributed by atoms with van der Waals surface area (Å²) in [6.07, 6.45) is 2.18. The zero-order valence-corrected chi connectivity index (χ0v) is 23.5. The van der Waals surface area contributed by atoms with Crippen molar-refractivity contribution < 1.29 is 39.1 Å². The lowest BCUT2D eigenvalue weighted by molar-refractivity contribution is -0.140. The van der Waals surface area contributed by atoms with E-state index in [4.69, 9.17) is 19.3 Å². The molecule has 37 heavy (non-hydrogen) atoms. The quantitative estimate of drug-likeness (QED) is 0.255. The molecule has 2 amide bonds. The van der Waals surface area contributed by atoms with E-state index in [1.165, 1.54) is 7.11 Å². The Kier molecular flexibility index (Phi) is 11.4. The number of amides is 2. The standard InChI is InChI=1S/C26H37IN2O8/c1-3-5-23(32)29(14-18-6-4-9-36-18)20-12-17(26(34)28-7-8-30)13-21(24(20)33)37-25-19(27)10-16(15-31)11-22(25)35-2/h10-11,13,18,20-21,24,30-31,33H,3-9,12,14-15H2,1-2H3,(H,28,34)/t18-,20+,21-,24-/m0/s1. The van der Waals surface area contributed by atoms with Crippen LogP contribution in [0.15, 0.2) is 23.8 Å². The minimum absolute atomic E-state index is 0.0810. The van der Waals surface area contributed by atoms with Gasteiger partial charge in [0.25, 0.3) is 0 Å². The van der Waals surface area contributed by atoms with Gasteiger partial charge in [0.05, 0.1) is 36.0 Å². The van der Waals surface area contributed by atoms with Crippen molar-refractivity contribution in [2.45, 2.75) is 70.0 Å². The van der Waals surface area contributed by atoms with Gasteiger partial charge in [-0.1, -0.05) is 6.92 Å². The number of nitrogens with zero attached hydrogens (tertiary/aromatic N) is 1. The lowest BCUT2D eigenvalue weighted by Crippen LogP contribution is -2.56. The van der Waals surface area contributed by atoms with Crippen molar-refractivity contribution in [1.82, 2.24) is 10.2 Å². The summed E-state index contributed by atoms with van der Waals surface area (Å²) in [6, 6.07) is 2.68. The first-order chi connectivity index (χ1) is 17.8. The summed E-state index contributed by atoms with van der Waals surface area (Å²) in [5, 5.41) is 32.9. The number of carbonyl (C=O) groups is 2. The Morgan fingerprint density at radius 1 is 1.30 bits per heavy atom. The number of halogens is 1. The van der Waals surface area contributed by atoms with E-state index in [1.54, 1.807) is 23.1 Å². The lowest BCUT2D eigenvalue weighted by Gasteiger charge is -2.41.